The average Bonchev–Trinajstić information content (AvgIpc) is 2.16. The molecule has 2 heteroatoms. The monoisotopic (exact) mass is 214 g/mol. The molecule has 0 radical (unpaired) electrons. The maximum atomic E-state index is 6.21. The van der Waals surface area contributed by atoms with Crippen LogP contribution >= 0.6 is 0 Å². The molecule has 0 saturated heterocycles. The predicted molar refractivity (Wildman–Crippen MR) is 68.4 cm³/mol. The van der Waals surface area contributed by atoms with Gasteiger partial charge in [0, 0.05) is 16.6 Å². The minimum absolute atomic E-state index is 0.334. The third-order valence-electron chi connectivity index (χ3n) is 2.79. The Morgan fingerprint density at radius 3 is 2.44 bits per heavy atom. The van der Waals surface area contributed by atoms with Crippen LogP contribution in [-0.2, 0) is 5.54 Å². The van der Waals surface area contributed by atoms with Gasteiger partial charge in [0.2, 0.25) is 0 Å². The fourth-order valence-corrected chi connectivity index (χ4v) is 2.01. The molecule has 16 heavy (non-hydrogen) atoms. The van der Waals surface area contributed by atoms with Crippen LogP contribution in [0.25, 0.3) is 10.9 Å². The molecule has 0 aliphatic heterocycles. The van der Waals surface area contributed by atoms with Crippen molar-refractivity contribution < 1.29 is 0 Å². The summed E-state index contributed by atoms with van der Waals surface area (Å²) < 4.78 is 0. The van der Waals surface area contributed by atoms with E-state index in [1.165, 1.54) is 11.1 Å². The van der Waals surface area contributed by atoms with Crippen molar-refractivity contribution in [2.24, 2.45) is 5.73 Å². The van der Waals surface area contributed by atoms with Gasteiger partial charge in [-0.05, 0) is 51.5 Å². The van der Waals surface area contributed by atoms with E-state index in [1.807, 2.05) is 20.8 Å². The second kappa shape index (κ2) is 3.56. The zero-order valence-corrected chi connectivity index (χ0v) is 10.3. The number of hydrogen-bond acceptors (Lipinski definition) is 2. The van der Waals surface area contributed by atoms with Crippen molar-refractivity contribution in [3.8, 4) is 0 Å². The smallest absolute Gasteiger partial charge is 0.0708 e. The lowest BCUT2D eigenvalue weighted by Gasteiger charge is -2.22. The predicted octanol–water partition coefficient (Wildman–Crippen LogP) is 3.05. The maximum absolute atomic E-state index is 6.21. The van der Waals surface area contributed by atoms with Crippen LogP contribution in [0.1, 0.15) is 30.7 Å². The summed E-state index contributed by atoms with van der Waals surface area (Å²) in [6, 6.07) is 8.39. The van der Waals surface area contributed by atoms with Gasteiger partial charge in [0.05, 0.1) is 5.52 Å². The van der Waals surface area contributed by atoms with Gasteiger partial charge in [0.15, 0.2) is 0 Å². The van der Waals surface area contributed by atoms with Crippen LogP contribution in [0.2, 0.25) is 0 Å². The standard InChI is InChI=1S/C14H18N2/c1-9-5-6-13-11(7-9)12(14(3,4)15)8-10(2)16-13/h5-8H,15H2,1-4H3. The number of hydrogen-bond donors (Lipinski definition) is 1. The third-order valence-corrected chi connectivity index (χ3v) is 2.79. The molecule has 1 heterocycles. The molecule has 0 amide bonds. The number of aryl methyl sites for hydroxylation is 2. The first-order chi connectivity index (χ1) is 7.38. The molecule has 2 rings (SSSR count). The highest BCUT2D eigenvalue weighted by Gasteiger charge is 2.18. The average molecular weight is 214 g/mol. The summed E-state index contributed by atoms with van der Waals surface area (Å²) in [5.74, 6) is 0. The lowest BCUT2D eigenvalue weighted by Crippen LogP contribution is -2.29. The fraction of sp³-hybridized carbons (Fsp3) is 0.357. The molecule has 2 nitrogen and oxygen atoms in total. The molecule has 0 aliphatic rings. The van der Waals surface area contributed by atoms with Gasteiger partial charge in [0.25, 0.3) is 0 Å². The summed E-state index contributed by atoms with van der Waals surface area (Å²) in [6.45, 7) is 8.16. The van der Waals surface area contributed by atoms with Crippen molar-refractivity contribution in [2.45, 2.75) is 33.2 Å². The normalized spacial score (nSPS) is 12.1. The SMILES string of the molecule is Cc1ccc2nc(C)cc(C(C)(C)N)c2c1. The fourth-order valence-electron chi connectivity index (χ4n) is 2.01. The van der Waals surface area contributed by atoms with E-state index >= 15 is 0 Å². The summed E-state index contributed by atoms with van der Waals surface area (Å²) in [5, 5.41) is 1.16. The summed E-state index contributed by atoms with van der Waals surface area (Å²) in [4.78, 5) is 4.54. The second-order valence-corrected chi connectivity index (χ2v) is 5.05. The summed E-state index contributed by atoms with van der Waals surface area (Å²) >= 11 is 0. The zero-order valence-electron chi connectivity index (χ0n) is 10.3. The Kier molecular flexibility index (Phi) is 2.47. The number of fused-ring (bicyclic) bond motifs is 1. The topological polar surface area (TPSA) is 38.9 Å². The van der Waals surface area contributed by atoms with Crippen LogP contribution in [-0.4, -0.2) is 4.98 Å². The third kappa shape index (κ3) is 1.93. The van der Waals surface area contributed by atoms with Gasteiger partial charge < -0.3 is 5.73 Å². The van der Waals surface area contributed by atoms with Gasteiger partial charge in [-0.2, -0.15) is 0 Å². The summed E-state index contributed by atoms with van der Waals surface area (Å²) in [6.07, 6.45) is 0. The summed E-state index contributed by atoms with van der Waals surface area (Å²) in [5.41, 5.74) is 10.3. The Morgan fingerprint density at radius 2 is 1.81 bits per heavy atom. The van der Waals surface area contributed by atoms with E-state index in [0.29, 0.717) is 0 Å². The first-order valence-corrected chi connectivity index (χ1v) is 5.55. The van der Waals surface area contributed by atoms with Crippen molar-refractivity contribution in [1.82, 2.24) is 4.98 Å². The van der Waals surface area contributed by atoms with Crippen molar-refractivity contribution >= 4 is 10.9 Å². The Morgan fingerprint density at radius 1 is 1.12 bits per heavy atom. The highest BCUT2D eigenvalue weighted by Crippen LogP contribution is 2.27. The molecular weight excluding hydrogens is 196 g/mol. The van der Waals surface area contributed by atoms with E-state index in [9.17, 15) is 0 Å². The molecule has 84 valence electrons. The summed E-state index contributed by atoms with van der Waals surface area (Å²) in [7, 11) is 0. The minimum Gasteiger partial charge on any atom is -0.322 e. The van der Waals surface area contributed by atoms with Crippen LogP contribution < -0.4 is 5.73 Å². The number of aromatic nitrogens is 1. The number of benzene rings is 1. The molecule has 2 N–H and O–H groups in total. The molecule has 0 aliphatic carbocycles. The van der Waals surface area contributed by atoms with Gasteiger partial charge in [-0.15, -0.1) is 0 Å². The number of rotatable bonds is 1. The van der Waals surface area contributed by atoms with Crippen LogP contribution in [0.15, 0.2) is 24.3 Å². The van der Waals surface area contributed by atoms with Gasteiger partial charge in [-0.3, -0.25) is 4.98 Å². The van der Waals surface area contributed by atoms with Crippen LogP contribution in [0.3, 0.4) is 0 Å². The van der Waals surface area contributed by atoms with Crippen molar-refractivity contribution in [3.63, 3.8) is 0 Å². The lowest BCUT2D eigenvalue weighted by molar-refractivity contribution is 0.558. The Bertz CT molecular complexity index is 536. The molecule has 0 unspecified atom stereocenters. The first kappa shape index (κ1) is 11.1. The van der Waals surface area contributed by atoms with Gasteiger partial charge >= 0.3 is 0 Å². The van der Waals surface area contributed by atoms with Gasteiger partial charge in [-0.25, -0.2) is 0 Å². The van der Waals surface area contributed by atoms with Gasteiger partial charge in [0.1, 0.15) is 0 Å². The molecule has 0 atom stereocenters. The zero-order chi connectivity index (χ0) is 11.9. The van der Waals surface area contributed by atoms with Gasteiger partial charge in [-0.1, -0.05) is 11.6 Å². The molecule has 0 spiro atoms. The Labute approximate surface area is 96.5 Å². The largest absolute Gasteiger partial charge is 0.322 e. The van der Waals surface area contributed by atoms with E-state index < -0.39 is 0 Å². The van der Waals surface area contributed by atoms with Crippen LogP contribution in [0.5, 0.6) is 0 Å². The quantitative estimate of drug-likeness (QED) is 0.792. The van der Waals surface area contributed by atoms with Crippen molar-refractivity contribution in [3.05, 3.63) is 41.1 Å². The second-order valence-electron chi connectivity index (χ2n) is 5.05. The molecule has 0 fully saturated rings. The highest BCUT2D eigenvalue weighted by atomic mass is 14.7. The van der Waals surface area contributed by atoms with Crippen LogP contribution in [0.4, 0.5) is 0 Å². The minimum atomic E-state index is -0.334. The molecule has 0 saturated carbocycles. The highest BCUT2D eigenvalue weighted by molar-refractivity contribution is 5.84. The molecular formula is C14H18N2. The molecule has 2 aromatic rings. The van der Waals surface area contributed by atoms with E-state index in [0.717, 1.165) is 16.6 Å². The van der Waals surface area contributed by atoms with E-state index in [-0.39, 0.29) is 5.54 Å². The molecule has 0 bridgehead atoms. The molecule has 1 aromatic carbocycles. The van der Waals surface area contributed by atoms with E-state index in [4.69, 9.17) is 5.73 Å². The van der Waals surface area contributed by atoms with E-state index in [1.54, 1.807) is 0 Å². The number of nitrogens with zero attached hydrogens (tertiary/aromatic N) is 1. The van der Waals surface area contributed by atoms with Crippen molar-refractivity contribution in [1.29, 1.82) is 0 Å². The lowest BCUT2D eigenvalue weighted by atomic mass is 9.91. The Balaban J connectivity index is 2.85. The van der Waals surface area contributed by atoms with Crippen LogP contribution in [0, 0.1) is 13.8 Å². The first-order valence-electron chi connectivity index (χ1n) is 5.55. The maximum Gasteiger partial charge on any atom is 0.0708 e. The number of nitrogens with two attached hydrogens (primary N) is 1. The number of pyridine rings is 1. The molecule has 1 aromatic heterocycles. The Hall–Kier alpha value is -1.41. The van der Waals surface area contributed by atoms with E-state index in [2.05, 4.69) is 36.2 Å². The van der Waals surface area contributed by atoms with Crippen molar-refractivity contribution in [2.75, 3.05) is 0 Å².